The van der Waals surface area contributed by atoms with E-state index in [4.69, 9.17) is 15.2 Å². The Morgan fingerprint density at radius 2 is 2.23 bits per heavy atom. The van der Waals surface area contributed by atoms with Crippen LogP contribution in [0.1, 0.15) is 18.4 Å². The molecule has 1 saturated carbocycles. The van der Waals surface area contributed by atoms with Gasteiger partial charge in [-0.2, -0.15) is 0 Å². The molecule has 3 aliphatic rings. The normalized spacial score (nSPS) is 32.6. The summed E-state index contributed by atoms with van der Waals surface area (Å²) in [6.45, 7) is 0.807. The molecule has 2 fully saturated rings. The molecule has 2 heterocycles. The molecule has 1 aliphatic carbocycles. The molecule has 0 radical (unpaired) electrons. The lowest BCUT2D eigenvalue weighted by atomic mass is 9.84. The molecule has 1 aromatic carbocycles. The molecule has 4 atom stereocenters. The molecule has 3 N–H and O–H groups in total. The average molecular weight is 369 g/mol. The summed E-state index contributed by atoms with van der Waals surface area (Å²) < 4.78 is 52.9. The Labute approximate surface area is 147 Å². The largest absolute Gasteiger partial charge is 0.462 e. The Bertz CT molecular complexity index is 767. The molecule has 2 aliphatic heterocycles. The summed E-state index contributed by atoms with van der Waals surface area (Å²) in [5, 5.41) is 2.64. The first kappa shape index (κ1) is 17.1. The fourth-order valence-corrected chi connectivity index (χ4v) is 3.70. The number of nitrogens with zero attached hydrogens (tertiary/aromatic N) is 1. The molecule has 0 bridgehead atoms. The maximum atomic E-state index is 14.5. The molecule has 1 saturated heterocycles. The van der Waals surface area contributed by atoms with E-state index in [2.05, 4.69) is 10.3 Å². The maximum absolute atomic E-state index is 14.5. The number of fused-ring (bicyclic) bond motifs is 1. The number of nitrogens with one attached hydrogen (secondary N) is 1. The second-order valence-electron chi connectivity index (χ2n) is 6.82. The van der Waals surface area contributed by atoms with Crippen molar-refractivity contribution in [1.82, 2.24) is 0 Å². The van der Waals surface area contributed by atoms with Gasteiger partial charge >= 0.3 is 0 Å². The number of amides is 1. The van der Waals surface area contributed by atoms with Crippen LogP contribution in [-0.4, -0.2) is 37.7 Å². The van der Waals surface area contributed by atoms with Gasteiger partial charge in [0.25, 0.3) is 12.4 Å². The highest BCUT2D eigenvalue weighted by atomic mass is 19.3. The predicted molar refractivity (Wildman–Crippen MR) is 86.2 cm³/mol. The van der Waals surface area contributed by atoms with Crippen molar-refractivity contribution < 1.29 is 27.4 Å². The topological polar surface area (TPSA) is 85.9 Å². The highest BCUT2D eigenvalue weighted by Gasteiger charge is 2.64. The van der Waals surface area contributed by atoms with E-state index < -0.39 is 29.8 Å². The van der Waals surface area contributed by atoms with Crippen LogP contribution in [-0.2, 0) is 19.8 Å². The van der Waals surface area contributed by atoms with Crippen LogP contribution in [0.4, 0.5) is 18.9 Å². The number of alkyl halides is 2. The lowest BCUT2D eigenvalue weighted by molar-refractivity contribution is -0.119. The Hall–Kier alpha value is -2.29. The smallest absolute Gasteiger partial charge is 0.283 e. The van der Waals surface area contributed by atoms with E-state index >= 15 is 0 Å². The summed E-state index contributed by atoms with van der Waals surface area (Å²) in [5.41, 5.74) is 3.39. The van der Waals surface area contributed by atoms with Crippen molar-refractivity contribution in [2.24, 2.45) is 22.6 Å². The predicted octanol–water partition coefficient (Wildman–Crippen LogP) is 1.99. The first-order valence-electron chi connectivity index (χ1n) is 8.40. The van der Waals surface area contributed by atoms with Gasteiger partial charge in [0.1, 0.15) is 11.9 Å². The van der Waals surface area contributed by atoms with Gasteiger partial charge in [-0.05, 0) is 31.0 Å². The quantitative estimate of drug-likeness (QED) is 0.850. The van der Waals surface area contributed by atoms with Crippen LogP contribution in [0.15, 0.2) is 23.2 Å². The molecule has 9 heteroatoms. The van der Waals surface area contributed by atoms with Crippen molar-refractivity contribution in [2.75, 3.05) is 18.5 Å². The number of amidine groups is 1. The van der Waals surface area contributed by atoms with Crippen LogP contribution >= 0.6 is 0 Å². The van der Waals surface area contributed by atoms with Gasteiger partial charge in [0.15, 0.2) is 5.54 Å². The standard InChI is InChI=1S/C17H18F3N3O3/c18-12-2-1-9(22-14(24)8-3-4-25-7-8)5-10(12)17(15(19)20)11-6-13(11)26-16(21)23-17/h1-2,5,8,11,13,15H,3-4,6-7H2,(H2,21,23)(H,22,24)/t8-,11-,13+,17+/m0/s1. The average Bonchev–Trinajstić information content (AvgIpc) is 3.16. The zero-order valence-electron chi connectivity index (χ0n) is 13.8. The molecule has 0 unspecified atom stereocenters. The van der Waals surface area contributed by atoms with Crippen molar-refractivity contribution in [3.8, 4) is 0 Å². The first-order chi connectivity index (χ1) is 12.4. The van der Waals surface area contributed by atoms with E-state index in [0.29, 0.717) is 26.1 Å². The van der Waals surface area contributed by atoms with Crippen LogP contribution < -0.4 is 11.1 Å². The highest BCUT2D eigenvalue weighted by Crippen LogP contribution is 2.56. The second kappa shape index (κ2) is 6.15. The third kappa shape index (κ3) is 2.70. The van der Waals surface area contributed by atoms with Gasteiger partial charge in [0.05, 0.1) is 12.5 Å². The lowest BCUT2D eigenvalue weighted by Crippen LogP contribution is -2.43. The number of nitrogens with two attached hydrogens (primary N) is 1. The minimum atomic E-state index is -2.97. The number of carbonyl (C=O) groups excluding carboxylic acids is 1. The molecule has 4 rings (SSSR count). The summed E-state index contributed by atoms with van der Waals surface area (Å²) in [6, 6.07) is 3.23. The number of carbonyl (C=O) groups is 1. The molecule has 140 valence electrons. The molecular weight excluding hydrogens is 351 g/mol. The second-order valence-corrected chi connectivity index (χ2v) is 6.82. The third-order valence-electron chi connectivity index (χ3n) is 5.16. The van der Waals surface area contributed by atoms with Crippen LogP contribution in [0.2, 0.25) is 0 Å². The van der Waals surface area contributed by atoms with E-state index in [0.717, 1.165) is 6.07 Å². The van der Waals surface area contributed by atoms with Crippen LogP contribution in [0.3, 0.4) is 0 Å². The fourth-order valence-electron chi connectivity index (χ4n) is 3.70. The van der Waals surface area contributed by atoms with Gasteiger partial charge in [-0.15, -0.1) is 0 Å². The zero-order chi connectivity index (χ0) is 18.5. The van der Waals surface area contributed by atoms with Crippen molar-refractivity contribution >= 4 is 17.6 Å². The van der Waals surface area contributed by atoms with Crippen LogP contribution in [0.25, 0.3) is 0 Å². The van der Waals surface area contributed by atoms with Crippen LogP contribution in [0, 0.1) is 17.7 Å². The number of benzene rings is 1. The van der Waals surface area contributed by atoms with Crippen molar-refractivity contribution in [3.63, 3.8) is 0 Å². The molecular formula is C17H18F3N3O3. The highest BCUT2D eigenvalue weighted by molar-refractivity contribution is 5.93. The van der Waals surface area contributed by atoms with Gasteiger partial charge in [-0.3, -0.25) is 4.79 Å². The Balaban J connectivity index is 1.69. The van der Waals surface area contributed by atoms with Crippen molar-refractivity contribution in [1.29, 1.82) is 0 Å². The summed E-state index contributed by atoms with van der Waals surface area (Å²) in [4.78, 5) is 16.0. The number of halogens is 3. The summed E-state index contributed by atoms with van der Waals surface area (Å²) in [5.74, 6) is -2.07. The lowest BCUT2D eigenvalue weighted by Gasteiger charge is -2.33. The molecule has 1 aromatic rings. The van der Waals surface area contributed by atoms with E-state index in [9.17, 15) is 18.0 Å². The van der Waals surface area contributed by atoms with E-state index in [-0.39, 0.29) is 29.1 Å². The Kier molecular flexibility index (Phi) is 4.06. The van der Waals surface area contributed by atoms with Crippen molar-refractivity contribution in [3.05, 3.63) is 29.6 Å². The summed E-state index contributed by atoms with van der Waals surface area (Å²) >= 11 is 0. The number of anilines is 1. The monoisotopic (exact) mass is 369 g/mol. The maximum Gasteiger partial charge on any atom is 0.283 e. The van der Waals surface area contributed by atoms with Gasteiger partial charge in [0, 0.05) is 23.8 Å². The first-order valence-corrected chi connectivity index (χ1v) is 8.40. The van der Waals surface area contributed by atoms with Gasteiger partial charge in [0.2, 0.25) is 5.91 Å². The van der Waals surface area contributed by atoms with E-state index in [1.165, 1.54) is 12.1 Å². The van der Waals surface area contributed by atoms with Crippen LogP contribution in [0.5, 0.6) is 0 Å². The van der Waals surface area contributed by atoms with E-state index in [1.54, 1.807) is 0 Å². The van der Waals surface area contributed by atoms with E-state index in [1.807, 2.05) is 0 Å². The molecule has 26 heavy (non-hydrogen) atoms. The summed E-state index contributed by atoms with van der Waals surface area (Å²) in [6.07, 6.45) is -2.55. The Morgan fingerprint density at radius 1 is 1.42 bits per heavy atom. The number of hydrogen-bond acceptors (Lipinski definition) is 5. The zero-order valence-corrected chi connectivity index (χ0v) is 13.8. The van der Waals surface area contributed by atoms with Gasteiger partial charge in [-0.1, -0.05) is 0 Å². The molecule has 6 nitrogen and oxygen atoms in total. The third-order valence-corrected chi connectivity index (χ3v) is 5.16. The molecule has 1 amide bonds. The number of hydrogen-bond donors (Lipinski definition) is 2. The summed E-state index contributed by atoms with van der Waals surface area (Å²) in [7, 11) is 0. The minimum absolute atomic E-state index is 0.232. The number of ether oxygens (including phenoxy) is 2. The SMILES string of the molecule is NC1=N[C@@](c2cc(NC(=O)[C@H]3CCOC3)ccc2F)(C(F)F)[C@H]2C[C@H]2O1. The van der Waals surface area contributed by atoms with Gasteiger partial charge in [-0.25, -0.2) is 18.2 Å². The molecule has 0 aromatic heterocycles. The van der Waals surface area contributed by atoms with Gasteiger partial charge < -0.3 is 20.5 Å². The molecule has 0 spiro atoms. The fraction of sp³-hybridized carbons (Fsp3) is 0.529. The number of aliphatic imine (C=N–C) groups is 1. The Morgan fingerprint density at radius 3 is 2.92 bits per heavy atom. The minimum Gasteiger partial charge on any atom is -0.462 e. The van der Waals surface area contributed by atoms with Crippen molar-refractivity contribution in [2.45, 2.75) is 30.9 Å². The number of rotatable bonds is 4.